The maximum absolute atomic E-state index is 12.2. The fourth-order valence-corrected chi connectivity index (χ4v) is 2.18. The number of benzene rings is 2. The lowest BCUT2D eigenvalue weighted by atomic mass is 10.1. The van der Waals surface area contributed by atoms with Gasteiger partial charge in [0.2, 0.25) is 0 Å². The molecule has 0 aliphatic carbocycles. The van der Waals surface area contributed by atoms with Gasteiger partial charge in [0.05, 0.1) is 5.56 Å². The minimum absolute atomic E-state index is 0.112. The van der Waals surface area contributed by atoms with E-state index in [0.717, 1.165) is 11.1 Å². The molecule has 0 fully saturated rings. The Labute approximate surface area is 146 Å². The number of aromatic hydroxyl groups is 1. The van der Waals surface area contributed by atoms with Gasteiger partial charge in [-0.25, -0.2) is 0 Å². The van der Waals surface area contributed by atoms with E-state index < -0.39 is 0 Å². The molecule has 2 rings (SSSR count). The molecule has 0 aliphatic heterocycles. The van der Waals surface area contributed by atoms with Crippen molar-refractivity contribution < 1.29 is 14.6 Å². The minimum atomic E-state index is -0.303. The fourth-order valence-electron chi connectivity index (χ4n) is 1.98. The van der Waals surface area contributed by atoms with Crippen LogP contribution in [0, 0.1) is 0 Å². The monoisotopic (exact) mass is 342 g/mol. The summed E-state index contributed by atoms with van der Waals surface area (Å²) >= 11 is 6.04. The molecule has 2 aromatic rings. The molecular formula is C20H19ClO3. The maximum atomic E-state index is 12.2. The lowest BCUT2D eigenvalue weighted by molar-refractivity contribution is 0.104. The molecule has 0 saturated carbocycles. The summed E-state index contributed by atoms with van der Waals surface area (Å²) in [4.78, 5) is 12.2. The number of phenols is 1. The molecular weight excluding hydrogens is 324 g/mol. The number of rotatable bonds is 6. The molecule has 0 aliphatic rings. The molecule has 4 heteroatoms. The van der Waals surface area contributed by atoms with Crippen LogP contribution in [-0.2, 0) is 0 Å². The van der Waals surface area contributed by atoms with Crippen LogP contribution in [0.2, 0.25) is 5.02 Å². The van der Waals surface area contributed by atoms with Gasteiger partial charge in [0, 0.05) is 11.1 Å². The molecule has 0 spiro atoms. The normalized spacial score (nSPS) is 10.6. The second-order valence-corrected chi connectivity index (χ2v) is 5.90. The maximum Gasteiger partial charge on any atom is 0.189 e. The summed E-state index contributed by atoms with van der Waals surface area (Å²) in [6.07, 6.45) is 4.95. The molecule has 0 atom stereocenters. The van der Waals surface area contributed by atoms with E-state index >= 15 is 0 Å². The molecule has 0 bridgehead atoms. The summed E-state index contributed by atoms with van der Waals surface area (Å²) in [5, 5.41) is 10.6. The zero-order chi connectivity index (χ0) is 17.5. The smallest absolute Gasteiger partial charge is 0.189 e. The predicted octanol–water partition coefficient (Wildman–Crippen LogP) is 5.29. The van der Waals surface area contributed by atoms with Crippen molar-refractivity contribution in [2.24, 2.45) is 0 Å². The molecule has 3 nitrogen and oxygen atoms in total. The van der Waals surface area contributed by atoms with E-state index in [2.05, 4.69) is 0 Å². The van der Waals surface area contributed by atoms with E-state index in [0.29, 0.717) is 17.4 Å². The third kappa shape index (κ3) is 5.00. The van der Waals surface area contributed by atoms with Crippen LogP contribution >= 0.6 is 11.6 Å². The summed E-state index contributed by atoms with van der Waals surface area (Å²) in [5.41, 5.74) is 2.11. The average Bonchev–Trinajstić information content (AvgIpc) is 2.53. The van der Waals surface area contributed by atoms with Crippen LogP contribution in [0.15, 0.2) is 60.2 Å². The Hall–Kier alpha value is -2.52. The van der Waals surface area contributed by atoms with Gasteiger partial charge in [-0.3, -0.25) is 4.79 Å². The zero-order valence-corrected chi connectivity index (χ0v) is 14.4. The lowest BCUT2D eigenvalue weighted by Crippen LogP contribution is -1.98. The van der Waals surface area contributed by atoms with Gasteiger partial charge in [-0.1, -0.05) is 35.4 Å². The van der Waals surface area contributed by atoms with Crippen molar-refractivity contribution in [2.75, 3.05) is 6.61 Å². The van der Waals surface area contributed by atoms with Crippen LogP contribution < -0.4 is 4.74 Å². The summed E-state index contributed by atoms with van der Waals surface area (Å²) in [5.74, 6) is 0.0958. The van der Waals surface area contributed by atoms with Crippen molar-refractivity contribution >= 4 is 23.5 Å². The first kappa shape index (κ1) is 17.8. The van der Waals surface area contributed by atoms with Crippen molar-refractivity contribution in [2.45, 2.75) is 13.8 Å². The van der Waals surface area contributed by atoms with Gasteiger partial charge in [0.15, 0.2) is 5.78 Å². The van der Waals surface area contributed by atoms with E-state index in [1.165, 1.54) is 12.1 Å². The van der Waals surface area contributed by atoms with Gasteiger partial charge in [0.1, 0.15) is 18.1 Å². The number of phenolic OH excluding ortho intramolecular Hbond substituents is 1. The molecule has 0 radical (unpaired) electrons. The zero-order valence-electron chi connectivity index (χ0n) is 13.6. The molecule has 124 valence electrons. The highest BCUT2D eigenvalue weighted by molar-refractivity contribution is 6.32. The highest BCUT2D eigenvalue weighted by Gasteiger charge is 2.09. The van der Waals surface area contributed by atoms with Crippen LogP contribution in [0.5, 0.6) is 11.5 Å². The first-order chi connectivity index (χ1) is 11.5. The van der Waals surface area contributed by atoms with Crippen molar-refractivity contribution in [3.05, 3.63) is 76.3 Å². The average molecular weight is 343 g/mol. The van der Waals surface area contributed by atoms with Gasteiger partial charge in [-0.15, -0.1) is 0 Å². The van der Waals surface area contributed by atoms with E-state index in [1.807, 2.05) is 38.1 Å². The van der Waals surface area contributed by atoms with Crippen LogP contribution in [-0.4, -0.2) is 17.5 Å². The summed E-state index contributed by atoms with van der Waals surface area (Å²) in [6.45, 7) is 4.38. The molecule has 2 aromatic carbocycles. The van der Waals surface area contributed by atoms with Crippen LogP contribution in [0.25, 0.3) is 6.08 Å². The van der Waals surface area contributed by atoms with Crippen LogP contribution in [0.4, 0.5) is 0 Å². The SMILES string of the molecule is CC(C)=CCOc1ccc(C(=O)/C=C/c2ccccc2Cl)c(O)c1. The van der Waals surface area contributed by atoms with Gasteiger partial charge in [0.25, 0.3) is 0 Å². The van der Waals surface area contributed by atoms with Gasteiger partial charge < -0.3 is 9.84 Å². The molecule has 24 heavy (non-hydrogen) atoms. The van der Waals surface area contributed by atoms with Crippen LogP contribution in [0.1, 0.15) is 29.8 Å². The Morgan fingerprint density at radius 1 is 1.21 bits per heavy atom. The third-order valence-electron chi connectivity index (χ3n) is 3.30. The molecule has 0 aromatic heterocycles. The third-order valence-corrected chi connectivity index (χ3v) is 3.64. The minimum Gasteiger partial charge on any atom is -0.507 e. The largest absolute Gasteiger partial charge is 0.507 e. The fraction of sp³-hybridized carbons (Fsp3) is 0.150. The Kier molecular flexibility index (Phi) is 6.21. The second-order valence-electron chi connectivity index (χ2n) is 5.49. The number of hydrogen-bond acceptors (Lipinski definition) is 3. The Morgan fingerprint density at radius 2 is 1.96 bits per heavy atom. The summed E-state index contributed by atoms with van der Waals surface area (Å²) in [7, 11) is 0. The van der Waals surface area contributed by atoms with E-state index in [4.69, 9.17) is 16.3 Å². The van der Waals surface area contributed by atoms with Crippen molar-refractivity contribution in [3.8, 4) is 11.5 Å². The van der Waals surface area contributed by atoms with E-state index in [9.17, 15) is 9.90 Å². The number of hydrogen-bond donors (Lipinski definition) is 1. The second kappa shape index (κ2) is 8.37. The standard InChI is InChI=1S/C20H19ClO3/c1-14(2)11-12-24-16-8-9-17(20(23)13-16)19(22)10-7-15-5-3-4-6-18(15)21/h3-11,13,23H,12H2,1-2H3/b10-7+. The highest BCUT2D eigenvalue weighted by atomic mass is 35.5. The number of ketones is 1. The summed E-state index contributed by atoms with van der Waals surface area (Å²) in [6, 6.07) is 11.9. The van der Waals surface area contributed by atoms with E-state index in [-0.39, 0.29) is 17.1 Å². The molecule has 0 heterocycles. The van der Waals surface area contributed by atoms with Gasteiger partial charge in [-0.05, 0) is 55.8 Å². The predicted molar refractivity (Wildman–Crippen MR) is 97.8 cm³/mol. The van der Waals surface area contributed by atoms with Crippen molar-refractivity contribution in [1.29, 1.82) is 0 Å². The number of carbonyl (C=O) groups is 1. The van der Waals surface area contributed by atoms with Crippen molar-refractivity contribution in [1.82, 2.24) is 0 Å². The Morgan fingerprint density at radius 3 is 2.62 bits per heavy atom. The quantitative estimate of drug-likeness (QED) is 0.441. The highest BCUT2D eigenvalue weighted by Crippen LogP contribution is 2.25. The topological polar surface area (TPSA) is 46.5 Å². The summed E-state index contributed by atoms with van der Waals surface area (Å²) < 4.78 is 5.49. The first-order valence-electron chi connectivity index (χ1n) is 7.53. The Bertz CT molecular complexity index is 787. The Balaban J connectivity index is 2.10. The molecule has 0 unspecified atom stereocenters. The number of allylic oxidation sites excluding steroid dienone is 2. The van der Waals surface area contributed by atoms with Gasteiger partial charge in [-0.2, -0.15) is 0 Å². The van der Waals surface area contributed by atoms with Gasteiger partial charge >= 0.3 is 0 Å². The first-order valence-corrected chi connectivity index (χ1v) is 7.91. The van der Waals surface area contributed by atoms with Crippen molar-refractivity contribution in [3.63, 3.8) is 0 Å². The molecule has 1 N–H and O–H groups in total. The van der Waals surface area contributed by atoms with E-state index in [1.54, 1.807) is 24.3 Å². The molecule has 0 saturated heterocycles. The number of halogens is 1. The number of ether oxygens (including phenoxy) is 1. The number of carbonyl (C=O) groups excluding carboxylic acids is 1. The van der Waals surface area contributed by atoms with Crippen LogP contribution in [0.3, 0.4) is 0 Å². The molecule has 0 amide bonds. The lowest BCUT2D eigenvalue weighted by Gasteiger charge is -2.06.